The molecule has 1 atom stereocenters. The molecule has 0 spiro atoms. The summed E-state index contributed by atoms with van der Waals surface area (Å²) in [6, 6.07) is 8.24. The number of aryl methyl sites for hydroxylation is 1. The summed E-state index contributed by atoms with van der Waals surface area (Å²) in [5.74, 6) is -0.439. The number of hydrogen-bond acceptors (Lipinski definition) is 5. The molecule has 4 rings (SSSR count). The highest BCUT2D eigenvalue weighted by Crippen LogP contribution is 2.30. The van der Waals surface area contributed by atoms with Gasteiger partial charge in [-0.25, -0.2) is 14.4 Å². The van der Waals surface area contributed by atoms with Gasteiger partial charge < -0.3 is 10.2 Å². The van der Waals surface area contributed by atoms with Crippen LogP contribution in [0.1, 0.15) is 18.4 Å². The number of carbonyl (C=O) groups excluding carboxylic acids is 1. The summed E-state index contributed by atoms with van der Waals surface area (Å²) >= 11 is 1.56. The topological polar surface area (TPSA) is 58.1 Å². The average Bonchev–Trinajstić information content (AvgIpc) is 3.08. The molecule has 2 aromatic heterocycles. The van der Waals surface area contributed by atoms with Gasteiger partial charge in [0, 0.05) is 25.0 Å². The molecule has 134 valence electrons. The molecular formula is C19H19FN4OS. The third-order valence-corrected chi connectivity index (χ3v) is 5.70. The average molecular weight is 370 g/mol. The zero-order valence-corrected chi connectivity index (χ0v) is 15.2. The van der Waals surface area contributed by atoms with Crippen molar-refractivity contribution in [3.05, 3.63) is 47.9 Å². The van der Waals surface area contributed by atoms with Crippen LogP contribution in [0.15, 0.2) is 36.5 Å². The van der Waals surface area contributed by atoms with E-state index in [0.29, 0.717) is 12.2 Å². The summed E-state index contributed by atoms with van der Waals surface area (Å²) in [7, 11) is 0. The minimum atomic E-state index is -0.297. The summed E-state index contributed by atoms with van der Waals surface area (Å²) in [5, 5.41) is 3.86. The third-order valence-electron chi connectivity index (χ3n) is 4.66. The molecule has 1 aliphatic heterocycles. The summed E-state index contributed by atoms with van der Waals surface area (Å²) in [6.45, 7) is 3.31. The number of piperidine rings is 1. The lowest BCUT2D eigenvalue weighted by molar-refractivity contribution is -0.120. The maximum atomic E-state index is 13.2. The number of pyridine rings is 1. The van der Waals surface area contributed by atoms with Gasteiger partial charge in [-0.05, 0) is 55.7 Å². The summed E-state index contributed by atoms with van der Waals surface area (Å²) < 4.78 is 13.2. The normalized spacial score (nSPS) is 17.5. The molecule has 1 N–H and O–H groups in total. The van der Waals surface area contributed by atoms with Crippen LogP contribution in [0.2, 0.25) is 0 Å². The van der Waals surface area contributed by atoms with E-state index in [1.165, 1.54) is 12.1 Å². The van der Waals surface area contributed by atoms with Crippen LogP contribution in [0.25, 0.3) is 10.3 Å². The molecule has 26 heavy (non-hydrogen) atoms. The Balaban J connectivity index is 1.48. The molecule has 0 radical (unpaired) electrons. The highest BCUT2D eigenvalue weighted by atomic mass is 32.1. The molecule has 1 amide bonds. The Kier molecular flexibility index (Phi) is 4.55. The lowest BCUT2D eigenvalue weighted by atomic mass is 9.97. The minimum Gasteiger partial charge on any atom is -0.347 e. The van der Waals surface area contributed by atoms with Crippen LogP contribution in [0.4, 0.5) is 15.2 Å². The van der Waals surface area contributed by atoms with Crippen molar-refractivity contribution in [3.8, 4) is 0 Å². The number of nitrogens with one attached hydrogen (secondary N) is 1. The predicted octanol–water partition coefficient (Wildman–Crippen LogP) is 3.99. The zero-order chi connectivity index (χ0) is 18.1. The first-order chi connectivity index (χ1) is 12.6. The molecule has 7 heteroatoms. The van der Waals surface area contributed by atoms with Crippen LogP contribution in [-0.2, 0) is 4.79 Å². The number of halogens is 1. The van der Waals surface area contributed by atoms with E-state index in [4.69, 9.17) is 0 Å². The molecule has 3 heterocycles. The molecule has 5 nitrogen and oxygen atoms in total. The second-order valence-corrected chi connectivity index (χ2v) is 7.51. The van der Waals surface area contributed by atoms with Gasteiger partial charge in [0.2, 0.25) is 5.91 Å². The maximum absolute atomic E-state index is 13.2. The van der Waals surface area contributed by atoms with Crippen molar-refractivity contribution in [1.82, 2.24) is 9.97 Å². The number of hydrogen-bond donors (Lipinski definition) is 1. The highest BCUT2D eigenvalue weighted by Gasteiger charge is 2.27. The van der Waals surface area contributed by atoms with E-state index in [2.05, 4.69) is 20.2 Å². The number of carbonyl (C=O) groups is 1. The van der Waals surface area contributed by atoms with E-state index in [-0.39, 0.29) is 17.6 Å². The van der Waals surface area contributed by atoms with E-state index < -0.39 is 0 Å². The Hall–Kier alpha value is -2.54. The standard InChI is InChI=1S/C19H19FN4OS/c1-12-10-14(20)6-7-15(12)22-17(25)13-4-3-9-24(11-13)19-23-16-5-2-8-21-18(16)26-19/h2,5-8,10,13H,3-4,9,11H2,1H3,(H,22,25). The second kappa shape index (κ2) is 6.99. The van der Waals surface area contributed by atoms with Crippen molar-refractivity contribution in [2.24, 2.45) is 5.92 Å². The van der Waals surface area contributed by atoms with E-state index in [9.17, 15) is 9.18 Å². The number of fused-ring (bicyclic) bond motifs is 1. The van der Waals surface area contributed by atoms with Crippen LogP contribution in [0.5, 0.6) is 0 Å². The molecule has 0 aliphatic carbocycles. The van der Waals surface area contributed by atoms with E-state index in [1.807, 2.05) is 12.1 Å². The van der Waals surface area contributed by atoms with Gasteiger partial charge in [-0.2, -0.15) is 0 Å². The number of thiazole rings is 1. The number of nitrogens with zero attached hydrogens (tertiary/aromatic N) is 3. The monoisotopic (exact) mass is 370 g/mol. The minimum absolute atomic E-state index is 0.0244. The molecule has 0 saturated carbocycles. The van der Waals surface area contributed by atoms with Gasteiger partial charge in [-0.1, -0.05) is 11.3 Å². The molecule has 1 unspecified atom stereocenters. The Morgan fingerprint density at radius 2 is 2.27 bits per heavy atom. The Labute approximate surface area is 154 Å². The quantitative estimate of drug-likeness (QED) is 0.757. The molecule has 3 aromatic rings. The van der Waals surface area contributed by atoms with Gasteiger partial charge in [-0.15, -0.1) is 0 Å². The number of anilines is 2. The number of rotatable bonds is 3. The van der Waals surface area contributed by atoms with Crippen molar-refractivity contribution < 1.29 is 9.18 Å². The molecule has 0 bridgehead atoms. The lowest BCUT2D eigenvalue weighted by Crippen LogP contribution is -2.40. The molecule has 1 aromatic carbocycles. The van der Waals surface area contributed by atoms with E-state index >= 15 is 0 Å². The first kappa shape index (κ1) is 16.9. The van der Waals surface area contributed by atoms with Gasteiger partial charge >= 0.3 is 0 Å². The first-order valence-corrected chi connectivity index (χ1v) is 9.45. The van der Waals surface area contributed by atoms with Crippen LogP contribution >= 0.6 is 11.3 Å². The smallest absolute Gasteiger partial charge is 0.229 e. The molecule has 1 saturated heterocycles. The summed E-state index contributed by atoms with van der Waals surface area (Å²) in [6.07, 6.45) is 3.54. The zero-order valence-electron chi connectivity index (χ0n) is 14.4. The summed E-state index contributed by atoms with van der Waals surface area (Å²) in [5.41, 5.74) is 2.28. The van der Waals surface area contributed by atoms with Gasteiger partial charge in [0.1, 0.15) is 16.2 Å². The number of benzene rings is 1. The van der Waals surface area contributed by atoms with Crippen molar-refractivity contribution >= 4 is 38.4 Å². The molecule has 1 fully saturated rings. The largest absolute Gasteiger partial charge is 0.347 e. The number of aromatic nitrogens is 2. The lowest BCUT2D eigenvalue weighted by Gasteiger charge is -2.31. The van der Waals surface area contributed by atoms with Crippen LogP contribution in [-0.4, -0.2) is 29.0 Å². The van der Waals surface area contributed by atoms with Crippen LogP contribution < -0.4 is 10.2 Å². The van der Waals surface area contributed by atoms with Crippen molar-refractivity contribution in [1.29, 1.82) is 0 Å². The number of amides is 1. The van der Waals surface area contributed by atoms with Crippen LogP contribution in [0, 0.1) is 18.7 Å². The molecule has 1 aliphatic rings. The Bertz CT molecular complexity index is 925. The SMILES string of the molecule is Cc1cc(F)ccc1NC(=O)C1CCCN(c2nc3cccnc3s2)C1. The van der Waals surface area contributed by atoms with Crippen molar-refractivity contribution in [3.63, 3.8) is 0 Å². The fourth-order valence-electron chi connectivity index (χ4n) is 3.26. The maximum Gasteiger partial charge on any atom is 0.229 e. The van der Waals surface area contributed by atoms with Gasteiger partial charge in [0.05, 0.1) is 5.92 Å². The first-order valence-electron chi connectivity index (χ1n) is 8.63. The highest BCUT2D eigenvalue weighted by molar-refractivity contribution is 7.21. The van der Waals surface area contributed by atoms with E-state index in [1.54, 1.807) is 30.5 Å². The fourth-order valence-corrected chi connectivity index (χ4v) is 4.20. The van der Waals surface area contributed by atoms with Gasteiger partial charge in [0.25, 0.3) is 0 Å². The summed E-state index contributed by atoms with van der Waals surface area (Å²) in [4.78, 5) is 24.8. The fraction of sp³-hybridized carbons (Fsp3) is 0.316. The Morgan fingerprint density at radius 1 is 1.38 bits per heavy atom. The van der Waals surface area contributed by atoms with E-state index in [0.717, 1.165) is 40.4 Å². The third kappa shape index (κ3) is 3.39. The van der Waals surface area contributed by atoms with Crippen molar-refractivity contribution in [2.45, 2.75) is 19.8 Å². The van der Waals surface area contributed by atoms with Crippen LogP contribution in [0.3, 0.4) is 0 Å². The van der Waals surface area contributed by atoms with Gasteiger partial charge in [-0.3, -0.25) is 4.79 Å². The second-order valence-electron chi connectivity index (χ2n) is 6.56. The van der Waals surface area contributed by atoms with Crippen molar-refractivity contribution in [2.75, 3.05) is 23.3 Å². The molecular weight excluding hydrogens is 351 g/mol. The Morgan fingerprint density at radius 3 is 3.08 bits per heavy atom. The van der Waals surface area contributed by atoms with Gasteiger partial charge in [0.15, 0.2) is 5.13 Å². The predicted molar refractivity (Wildman–Crippen MR) is 102 cm³/mol.